The summed E-state index contributed by atoms with van der Waals surface area (Å²) in [7, 11) is 0. The van der Waals surface area contributed by atoms with Gasteiger partial charge in [0.15, 0.2) is 0 Å². The second-order valence-corrected chi connectivity index (χ2v) is 3.88. The Kier molecular flexibility index (Phi) is 1.85. The van der Waals surface area contributed by atoms with Crippen molar-refractivity contribution in [2.45, 2.75) is 32.1 Å². The van der Waals surface area contributed by atoms with Crippen LogP contribution in [-0.4, -0.2) is 0 Å². The molecule has 0 radical (unpaired) electrons. The molecule has 11 heavy (non-hydrogen) atoms. The van der Waals surface area contributed by atoms with Crippen LogP contribution in [0.2, 0.25) is 0 Å². The first-order valence-electron chi connectivity index (χ1n) is 4.70. The highest BCUT2D eigenvalue weighted by Crippen LogP contribution is 2.43. The summed E-state index contributed by atoms with van der Waals surface area (Å²) in [5.41, 5.74) is 1.74. The molecule has 0 saturated heterocycles. The molecule has 0 amide bonds. The van der Waals surface area contributed by atoms with Gasteiger partial charge in [-0.05, 0) is 43.9 Å². The number of hydrogen-bond donors (Lipinski definition) is 0. The summed E-state index contributed by atoms with van der Waals surface area (Å²) < 4.78 is 0. The van der Waals surface area contributed by atoms with Gasteiger partial charge in [0.2, 0.25) is 0 Å². The van der Waals surface area contributed by atoms with Gasteiger partial charge in [-0.25, -0.2) is 0 Å². The fourth-order valence-corrected chi connectivity index (χ4v) is 2.56. The molecule has 0 aliphatic heterocycles. The van der Waals surface area contributed by atoms with Crippen molar-refractivity contribution < 1.29 is 0 Å². The Hall–Kier alpha value is -0.520. The maximum absolute atomic E-state index is 3.81. The van der Waals surface area contributed by atoms with Gasteiger partial charge in [-0.2, -0.15) is 0 Å². The standard InChI is InChI=1S/C11H16/c1-2-4-10-7-9-5-3-6-11(10)8-9/h2,6,9-10H,1,3-5,7-8H2. The fourth-order valence-electron chi connectivity index (χ4n) is 2.56. The zero-order valence-electron chi connectivity index (χ0n) is 7.05. The van der Waals surface area contributed by atoms with E-state index in [4.69, 9.17) is 0 Å². The summed E-state index contributed by atoms with van der Waals surface area (Å²) in [5.74, 6) is 1.90. The Morgan fingerprint density at radius 2 is 2.55 bits per heavy atom. The summed E-state index contributed by atoms with van der Waals surface area (Å²) in [5, 5.41) is 0. The van der Waals surface area contributed by atoms with Gasteiger partial charge >= 0.3 is 0 Å². The van der Waals surface area contributed by atoms with Crippen molar-refractivity contribution in [3.05, 3.63) is 24.3 Å². The molecule has 0 aromatic carbocycles. The zero-order valence-corrected chi connectivity index (χ0v) is 7.05. The van der Waals surface area contributed by atoms with E-state index in [0.717, 1.165) is 11.8 Å². The normalized spacial score (nSPS) is 35.1. The van der Waals surface area contributed by atoms with Crippen LogP contribution in [0.25, 0.3) is 0 Å². The third-order valence-electron chi connectivity index (χ3n) is 3.10. The second kappa shape index (κ2) is 2.84. The number of fused-ring (bicyclic) bond motifs is 2. The van der Waals surface area contributed by atoms with E-state index >= 15 is 0 Å². The van der Waals surface area contributed by atoms with Crippen LogP contribution < -0.4 is 0 Å². The summed E-state index contributed by atoms with van der Waals surface area (Å²) in [6.45, 7) is 3.81. The molecule has 2 aliphatic rings. The molecule has 2 bridgehead atoms. The van der Waals surface area contributed by atoms with E-state index in [9.17, 15) is 0 Å². The van der Waals surface area contributed by atoms with Crippen molar-refractivity contribution >= 4 is 0 Å². The number of rotatable bonds is 2. The SMILES string of the molecule is C=CCC1CC2CCC=C1C2. The van der Waals surface area contributed by atoms with Crippen LogP contribution in [0, 0.1) is 11.8 Å². The van der Waals surface area contributed by atoms with Crippen LogP contribution in [0.4, 0.5) is 0 Å². The number of allylic oxidation sites excluding steroid dienone is 3. The minimum Gasteiger partial charge on any atom is -0.103 e. The van der Waals surface area contributed by atoms with Crippen molar-refractivity contribution in [1.29, 1.82) is 0 Å². The highest BCUT2D eigenvalue weighted by molar-refractivity contribution is 5.17. The molecule has 0 heterocycles. The zero-order chi connectivity index (χ0) is 7.68. The lowest BCUT2D eigenvalue weighted by Gasteiger charge is -2.10. The highest BCUT2D eigenvalue weighted by atomic mass is 14.3. The summed E-state index contributed by atoms with van der Waals surface area (Å²) in [4.78, 5) is 0. The predicted octanol–water partition coefficient (Wildman–Crippen LogP) is 3.31. The Morgan fingerprint density at radius 1 is 1.64 bits per heavy atom. The van der Waals surface area contributed by atoms with Crippen LogP contribution >= 0.6 is 0 Å². The fraction of sp³-hybridized carbons (Fsp3) is 0.636. The molecule has 0 N–H and O–H groups in total. The molecule has 60 valence electrons. The average Bonchev–Trinajstić information content (AvgIpc) is 2.29. The summed E-state index contributed by atoms with van der Waals surface area (Å²) in [6.07, 6.45) is 11.4. The predicted molar refractivity (Wildman–Crippen MR) is 48.3 cm³/mol. The van der Waals surface area contributed by atoms with E-state index in [1.54, 1.807) is 5.57 Å². The lowest BCUT2D eigenvalue weighted by atomic mass is 9.96. The largest absolute Gasteiger partial charge is 0.103 e. The smallest absolute Gasteiger partial charge is 0.0166 e. The molecule has 0 nitrogen and oxygen atoms in total. The lowest BCUT2D eigenvalue weighted by molar-refractivity contribution is 0.475. The molecule has 2 unspecified atom stereocenters. The minimum absolute atomic E-state index is 0.875. The first-order chi connectivity index (χ1) is 5.40. The first-order valence-corrected chi connectivity index (χ1v) is 4.70. The van der Waals surface area contributed by atoms with Gasteiger partial charge in [-0.1, -0.05) is 17.7 Å². The van der Waals surface area contributed by atoms with Gasteiger partial charge < -0.3 is 0 Å². The summed E-state index contributed by atoms with van der Waals surface area (Å²) in [6, 6.07) is 0. The van der Waals surface area contributed by atoms with E-state index in [2.05, 4.69) is 18.7 Å². The van der Waals surface area contributed by atoms with Crippen LogP contribution in [-0.2, 0) is 0 Å². The van der Waals surface area contributed by atoms with Gasteiger partial charge in [0, 0.05) is 0 Å². The molecule has 1 saturated carbocycles. The van der Waals surface area contributed by atoms with Gasteiger partial charge in [0.25, 0.3) is 0 Å². The van der Waals surface area contributed by atoms with Crippen LogP contribution in [0.5, 0.6) is 0 Å². The summed E-state index contributed by atoms with van der Waals surface area (Å²) >= 11 is 0. The second-order valence-electron chi connectivity index (χ2n) is 3.88. The first kappa shape index (κ1) is 7.15. The van der Waals surface area contributed by atoms with E-state index in [-0.39, 0.29) is 0 Å². The van der Waals surface area contributed by atoms with Gasteiger partial charge in [-0.15, -0.1) is 6.58 Å². The van der Waals surface area contributed by atoms with Gasteiger partial charge in [0.1, 0.15) is 0 Å². The Balaban J connectivity index is 2.08. The maximum Gasteiger partial charge on any atom is -0.0166 e. The molecule has 0 spiro atoms. The molecule has 0 heteroatoms. The quantitative estimate of drug-likeness (QED) is 0.527. The van der Waals surface area contributed by atoms with Crippen molar-refractivity contribution in [2.24, 2.45) is 11.8 Å². The topological polar surface area (TPSA) is 0 Å². The van der Waals surface area contributed by atoms with Crippen LogP contribution in [0.15, 0.2) is 24.3 Å². The molecular weight excluding hydrogens is 132 g/mol. The molecular formula is C11H16. The molecule has 0 aromatic rings. The lowest BCUT2D eigenvalue weighted by Crippen LogP contribution is -1.94. The third-order valence-corrected chi connectivity index (χ3v) is 3.10. The number of hydrogen-bond acceptors (Lipinski definition) is 0. The Bertz CT molecular complexity index is 188. The average molecular weight is 148 g/mol. The molecule has 0 aromatic heterocycles. The third kappa shape index (κ3) is 1.26. The van der Waals surface area contributed by atoms with E-state index in [1.807, 2.05) is 0 Å². The molecule has 2 atom stereocenters. The molecule has 2 rings (SSSR count). The van der Waals surface area contributed by atoms with Crippen molar-refractivity contribution in [3.63, 3.8) is 0 Å². The Morgan fingerprint density at radius 3 is 3.27 bits per heavy atom. The minimum atomic E-state index is 0.875. The van der Waals surface area contributed by atoms with E-state index < -0.39 is 0 Å². The van der Waals surface area contributed by atoms with E-state index in [1.165, 1.54) is 32.1 Å². The van der Waals surface area contributed by atoms with Crippen molar-refractivity contribution in [3.8, 4) is 0 Å². The monoisotopic (exact) mass is 148 g/mol. The van der Waals surface area contributed by atoms with Crippen LogP contribution in [0.1, 0.15) is 32.1 Å². The highest BCUT2D eigenvalue weighted by Gasteiger charge is 2.29. The Labute approximate surface area is 69.0 Å². The maximum atomic E-state index is 3.81. The van der Waals surface area contributed by atoms with Gasteiger partial charge in [0.05, 0.1) is 0 Å². The van der Waals surface area contributed by atoms with Crippen molar-refractivity contribution in [2.75, 3.05) is 0 Å². The van der Waals surface area contributed by atoms with Crippen LogP contribution in [0.3, 0.4) is 0 Å². The van der Waals surface area contributed by atoms with Crippen molar-refractivity contribution in [1.82, 2.24) is 0 Å². The van der Waals surface area contributed by atoms with E-state index in [0.29, 0.717) is 0 Å². The molecule has 1 fully saturated rings. The van der Waals surface area contributed by atoms with Gasteiger partial charge in [-0.3, -0.25) is 0 Å². The molecule has 2 aliphatic carbocycles.